The number of quaternary nitrogens is 1. The van der Waals surface area contributed by atoms with Gasteiger partial charge in [0.1, 0.15) is 0 Å². The van der Waals surface area contributed by atoms with E-state index in [0.29, 0.717) is 5.92 Å². The van der Waals surface area contributed by atoms with Crippen molar-refractivity contribution in [2.24, 2.45) is 0 Å². The van der Waals surface area contributed by atoms with Crippen LogP contribution in [0.5, 0.6) is 0 Å². The number of para-hydroxylation sites is 1. The van der Waals surface area contributed by atoms with Crippen LogP contribution in [0.25, 0.3) is 21.0 Å². The molecule has 3 aromatic carbocycles. The fourth-order valence-electron chi connectivity index (χ4n) is 4.86. The first-order valence-corrected chi connectivity index (χ1v) is 11.1. The Morgan fingerprint density at radius 3 is 2.62 bits per heavy atom. The predicted molar refractivity (Wildman–Crippen MR) is 118 cm³/mol. The van der Waals surface area contributed by atoms with Gasteiger partial charge in [-0.1, -0.05) is 36.4 Å². The number of aromatic nitrogens is 1. The van der Waals surface area contributed by atoms with Crippen LogP contribution in [0.3, 0.4) is 0 Å². The molecule has 1 saturated heterocycles. The maximum absolute atomic E-state index is 13.0. The molecule has 0 spiro atoms. The third-order valence-corrected chi connectivity index (χ3v) is 7.58. The lowest BCUT2D eigenvalue weighted by Crippen LogP contribution is -3.14. The Hall–Kier alpha value is -2.76. The first-order valence-electron chi connectivity index (χ1n) is 10.3. The summed E-state index contributed by atoms with van der Waals surface area (Å²) in [7, 11) is 0. The van der Waals surface area contributed by atoms with Gasteiger partial charge in [-0.05, 0) is 29.7 Å². The van der Waals surface area contributed by atoms with Gasteiger partial charge in [0.25, 0.3) is 5.91 Å². The highest BCUT2D eigenvalue weighted by atomic mass is 32.1. The molecule has 2 aliphatic rings. The van der Waals surface area contributed by atoms with Crippen molar-refractivity contribution in [1.29, 1.82) is 0 Å². The number of nitrogens with one attached hydrogen (secondary N) is 1. The summed E-state index contributed by atoms with van der Waals surface area (Å²) in [6.07, 6.45) is 2.27. The van der Waals surface area contributed by atoms with Crippen molar-refractivity contribution in [1.82, 2.24) is 4.98 Å². The van der Waals surface area contributed by atoms with Gasteiger partial charge in [0.15, 0.2) is 6.67 Å². The third kappa shape index (κ3) is 2.76. The number of piperidine rings is 1. The average Bonchev–Trinajstić information content (AvgIpc) is 3.31. The Morgan fingerprint density at radius 1 is 1.00 bits per heavy atom. The van der Waals surface area contributed by atoms with Crippen molar-refractivity contribution < 1.29 is 9.69 Å². The molecule has 3 heterocycles. The molecule has 1 aromatic heterocycles. The summed E-state index contributed by atoms with van der Waals surface area (Å²) in [5.41, 5.74) is 3.04. The molecule has 1 fully saturated rings. The van der Waals surface area contributed by atoms with Crippen LogP contribution in [-0.4, -0.2) is 30.6 Å². The average molecular weight is 401 g/mol. The molecule has 5 heteroatoms. The number of thiazole rings is 1. The second kappa shape index (κ2) is 6.65. The molecule has 0 radical (unpaired) electrons. The number of benzene rings is 3. The number of nitrogens with zero attached hydrogens (tertiary/aromatic N) is 2. The Labute approximate surface area is 173 Å². The number of carbonyl (C=O) groups excluding carboxylic acids is 1. The zero-order valence-electron chi connectivity index (χ0n) is 16.1. The minimum absolute atomic E-state index is 0.151. The summed E-state index contributed by atoms with van der Waals surface area (Å²) in [5, 5.41) is 3.55. The zero-order valence-corrected chi connectivity index (χ0v) is 16.9. The topological polar surface area (TPSA) is 37.6 Å². The molecule has 1 N–H and O–H groups in total. The van der Waals surface area contributed by atoms with Crippen LogP contribution in [0.2, 0.25) is 0 Å². The minimum Gasteiger partial charge on any atom is -0.317 e. The van der Waals surface area contributed by atoms with Gasteiger partial charge in [-0.3, -0.25) is 9.69 Å². The van der Waals surface area contributed by atoms with Crippen LogP contribution in [0.4, 0.5) is 5.69 Å². The lowest BCUT2D eigenvalue weighted by Gasteiger charge is -2.31. The standard InChI is InChI=1S/C24H21N3OS/c28-24-18-7-3-5-16-6-4-9-20(22(16)18)27(24)15-26-13-11-17(12-14-26)23-25-19-8-1-2-10-21(19)29-23/h1-10,17H,11-15H2/p+1. The van der Waals surface area contributed by atoms with Crippen LogP contribution in [0, 0.1) is 0 Å². The summed E-state index contributed by atoms with van der Waals surface area (Å²) in [5.74, 6) is 0.698. The molecule has 1 amide bonds. The molecule has 0 atom stereocenters. The number of likely N-dealkylation sites (tertiary alicyclic amines) is 1. The van der Waals surface area contributed by atoms with Gasteiger partial charge in [-0.15, -0.1) is 11.3 Å². The summed E-state index contributed by atoms with van der Waals surface area (Å²) < 4.78 is 1.28. The van der Waals surface area contributed by atoms with E-state index in [0.717, 1.165) is 60.1 Å². The van der Waals surface area contributed by atoms with Crippen molar-refractivity contribution in [3.63, 3.8) is 0 Å². The molecule has 4 aromatic rings. The van der Waals surface area contributed by atoms with Crippen LogP contribution >= 0.6 is 11.3 Å². The fourth-order valence-corrected chi connectivity index (χ4v) is 5.99. The highest BCUT2D eigenvalue weighted by molar-refractivity contribution is 7.18. The van der Waals surface area contributed by atoms with Gasteiger partial charge in [0.05, 0.1) is 39.6 Å². The van der Waals surface area contributed by atoms with E-state index in [9.17, 15) is 4.79 Å². The van der Waals surface area contributed by atoms with E-state index in [4.69, 9.17) is 4.98 Å². The van der Waals surface area contributed by atoms with Crippen LogP contribution in [-0.2, 0) is 0 Å². The van der Waals surface area contributed by atoms with Gasteiger partial charge in [-0.25, -0.2) is 4.98 Å². The quantitative estimate of drug-likeness (QED) is 0.568. The molecule has 4 nitrogen and oxygen atoms in total. The number of rotatable bonds is 3. The highest BCUT2D eigenvalue weighted by Gasteiger charge is 2.34. The molecule has 144 valence electrons. The fraction of sp³-hybridized carbons (Fsp3) is 0.250. The number of amides is 1. The SMILES string of the molecule is O=C1c2cccc3cccc(c23)N1C[NH+]1CCC(c2nc3ccccc3s2)CC1. The predicted octanol–water partition coefficient (Wildman–Crippen LogP) is 3.83. The molecule has 0 unspecified atom stereocenters. The molecule has 0 bridgehead atoms. The third-order valence-electron chi connectivity index (χ3n) is 6.38. The van der Waals surface area contributed by atoms with Crippen molar-refractivity contribution >= 4 is 43.9 Å². The molecule has 2 aliphatic heterocycles. The van der Waals surface area contributed by atoms with E-state index >= 15 is 0 Å². The maximum atomic E-state index is 13.0. The highest BCUT2D eigenvalue weighted by Crippen LogP contribution is 2.37. The van der Waals surface area contributed by atoms with Crippen LogP contribution in [0.15, 0.2) is 60.7 Å². The number of hydrogen-bond donors (Lipinski definition) is 1. The summed E-state index contributed by atoms with van der Waals surface area (Å²) in [6.45, 7) is 2.91. The van der Waals surface area contributed by atoms with Crippen LogP contribution < -0.4 is 9.80 Å². The maximum Gasteiger partial charge on any atom is 0.263 e. The van der Waals surface area contributed by atoms with E-state index in [1.54, 1.807) is 0 Å². The lowest BCUT2D eigenvalue weighted by molar-refractivity contribution is -0.904. The van der Waals surface area contributed by atoms with Gasteiger partial charge in [0, 0.05) is 24.1 Å². The summed E-state index contributed by atoms with van der Waals surface area (Å²) >= 11 is 1.84. The molecular weight excluding hydrogens is 378 g/mol. The van der Waals surface area contributed by atoms with Gasteiger partial charge >= 0.3 is 0 Å². The normalized spacial score (nSPS) is 21.4. The van der Waals surface area contributed by atoms with E-state index in [1.165, 1.54) is 14.6 Å². The molecule has 0 aliphatic carbocycles. The Kier molecular flexibility index (Phi) is 3.93. The largest absolute Gasteiger partial charge is 0.317 e. The number of fused-ring (bicyclic) bond motifs is 1. The Bertz CT molecular complexity index is 1200. The molecule has 6 rings (SSSR count). The molecular formula is C24H22N3OS+. The van der Waals surface area contributed by atoms with E-state index in [-0.39, 0.29) is 5.91 Å². The van der Waals surface area contributed by atoms with E-state index < -0.39 is 0 Å². The molecule has 29 heavy (non-hydrogen) atoms. The first-order chi connectivity index (χ1) is 14.3. The Balaban J connectivity index is 1.19. The van der Waals surface area contributed by atoms with Gasteiger partial charge < -0.3 is 4.90 Å². The van der Waals surface area contributed by atoms with Gasteiger partial charge in [0.2, 0.25) is 0 Å². The second-order valence-electron chi connectivity index (χ2n) is 8.12. The molecule has 0 saturated carbocycles. The van der Waals surface area contributed by atoms with Gasteiger partial charge in [-0.2, -0.15) is 0 Å². The Morgan fingerprint density at radius 2 is 1.79 bits per heavy atom. The van der Waals surface area contributed by atoms with Crippen molar-refractivity contribution in [3.05, 3.63) is 71.2 Å². The van der Waals surface area contributed by atoms with Crippen molar-refractivity contribution in [3.8, 4) is 0 Å². The zero-order chi connectivity index (χ0) is 19.4. The number of anilines is 1. The monoisotopic (exact) mass is 400 g/mol. The van der Waals surface area contributed by atoms with Crippen LogP contribution in [0.1, 0.15) is 34.1 Å². The first kappa shape index (κ1) is 17.1. The number of hydrogen-bond acceptors (Lipinski definition) is 3. The van der Waals surface area contributed by atoms with E-state index in [1.807, 2.05) is 28.4 Å². The smallest absolute Gasteiger partial charge is 0.263 e. The minimum atomic E-state index is 0.151. The van der Waals surface area contributed by atoms with Crippen molar-refractivity contribution in [2.75, 3.05) is 24.7 Å². The van der Waals surface area contributed by atoms with E-state index in [2.05, 4.69) is 48.5 Å². The summed E-state index contributed by atoms with van der Waals surface area (Å²) in [6, 6.07) is 20.7. The lowest BCUT2D eigenvalue weighted by atomic mass is 9.98. The second-order valence-corrected chi connectivity index (χ2v) is 9.18. The summed E-state index contributed by atoms with van der Waals surface area (Å²) in [4.78, 5) is 21.4. The number of carbonyl (C=O) groups is 1. The van der Waals surface area contributed by atoms with Crippen molar-refractivity contribution in [2.45, 2.75) is 18.8 Å².